The predicted molar refractivity (Wildman–Crippen MR) is 147 cm³/mol. The summed E-state index contributed by atoms with van der Waals surface area (Å²) in [5, 5.41) is 4.31. The molecule has 40 heavy (non-hydrogen) atoms. The number of fused-ring (bicyclic) bond motifs is 3. The maximum atomic E-state index is 14.5. The normalized spacial score (nSPS) is 33.6. The van der Waals surface area contributed by atoms with E-state index in [1.54, 1.807) is 13.3 Å². The van der Waals surface area contributed by atoms with Gasteiger partial charge in [-0.25, -0.2) is 9.37 Å². The number of pyridine rings is 1. The second-order valence-electron chi connectivity index (χ2n) is 13.5. The fourth-order valence-electron chi connectivity index (χ4n) is 8.10. The van der Waals surface area contributed by atoms with E-state index in [1.807, 2.05) is 35.2 Å². The van der Waals surface area contributed by atoms with Gasteiger partial charge >= 0.3 is 0 Å². The lowest BCUT2D eigenvalue weighted by Gasteiger charge is -2.65. The molecule has 2 aromatic heterocycles. The molecule has 0 saturated heterocycles. The monoisotopic (exact) mass is 542 g/mol. The van der Waals surface area contributed by atoms with E-state index in [0.29, 0.717) is 37.6 Å². The fraction of sp³-hybridized carbons (Fsp3) is 0.562. The Morgan fingerprint density at radius 2 is 1.80 bits per heavy atom. The molecule has 0 aliphatic heterocycles. The third kappa shape index (κ3) is 3.74. The lowest BCUT2D eigenvalue weighted by atomic mass is 9.41. The number of hydrogen-bond donors (Lipinski definition) is 0. The van der Waals surface area contributed by atoms with Crippen molar-refractivity contribution in [3.05, 3.63) is 54.3 Å². The molecule has 0 atom stereocenters. The van der Waals surface area contributed by atoms with Gasteiger partial charge in [0.2, 0.25) is 17.7 Å². The number of halogens is 1. The fourth-order valence-corrected chi connectivity index (χ4v) is 8.10. The predicted octanol–water partition coefficient (Wildman–Crippen LogP) is 6.54. The van der Waals surface area contributed by atoms with Gasteiger partial charge in [0, 0.05) is 41.4 Å². The molecule has 7 saturated carbocycles. The second-order valence-corrected chi connectivity index (χ2v) is 13.5. The number of benzene rings is 1. The number of anilines is 1. The number of alkyl halides is 1. The van der Waals surface area contributed by atoms with Crippen LogP contribution in [0.1, 0.15) is 88.3 Å². The van der Waals surface area contributed by atoms with E-state index in [1.165, 1.54) is 12.8 Å². The summed E-state index contributed by atoms with van der Waals surface area (Å²) >= 11 is 0. The summed E-state index contributed by atoms with van der Waals surface area (Å²) in [6.45, 7) is 0.671. The van der Waals surface area contributed by atoms with Gasteiger partial charge in [0.15, 0.2) is 5.82 Å². The van der Waals surface area contributed by atoms with Crippen LogP contribution in [0.25, 0.3) is 11.1 Å². The highest BCUT2D eigenvalue weighted by Crippen LogP contribution is 2.70. The van der Waals surface area contributed by atoms with Gasteiger partial charge in [-0.2, -0.15) is 4.98 Å². The van der Waals surface area contributed by atoms with E-state index in [9.17, 15) is 9.18 Å². The maximum absolute atomic E-state index is 14.5. The minimum atomic E-state index is -1.12. The zero-order valence-electron chi connectivity index (χ0n) is 23.0. The van der Waals surface area contributed by atoms with Gasteiger partial charge in [-0.3, -0.25) is 4.79 Å². The van der Waals surface area contributed by atoms with Crippen molar-refractivity contribution in [1.29, 1.82) is 0 Å². The van der Waals surface area contributed by atoms with Crippen LogP contribution in [0.2, 0.25) is 0 Å². The quantitative estimate of drug-likeness (QED) is 0.322. The highest BCUT2D eigenvalue weighted by atomic mass is 19.1. The van der Waals surface area contributed by atoms with E-state index in [4.69, 9.17) is 14.2 Å². The average Bonchev–Trinajstić information content (AvgIpc) is 3.70. The second kappa shape index (κ2) is 8.37. The first-order valence-electron chi connectivity index (χ1n) is 14.8. The van der Waals surface area contributed by atoms with Crippen LogP contribution >= 0.6 is 0 Å². The van der Waals surface area contributed by atoms with Gasteiger partial charge in [0.25, 0.3) is 0 Å². The maximum Gasteiger partial charge on any atom is 0.233 e. The van der Waals surface area contributed by atoms with Crippen LogP contribution in [0.3, 0.4) is 0 Å². The molecule has 8 heteroatoms. The standard InChI is InChI=1S/C32H35FN4O3/c1-39-25-8-7-23(16-34-25)22-3-2-4-24(15-22)37(28(38)31-17-32(33,18-31)19-31)20-29-9-12-30(13-10-29,14-11-29)27-35-26(36-40-27)21-5-6-21/h2-4,7-8,15-16,21H,5-6,9-14,17-20H2,1H3. The number of aromatic nitrogens is 3. The van der Waals surface area contributed by atoms with E-state index in [0.717, 1.165) is 67.1 Å². The Labute approximate surface area is 233 Å². The summed E-state index contributed by atoms with van der Waals surface area (Å²) in [4.78, 5) is 25.4. The molecule has 7 fully saturated rings. The Hall–Kier alpha value is -3.29. The molecule has 1 amide bonds. The van der Waals surface area contributed by atoms with Crippen molar-refractivity contribution >= 4 is 11.6 Å². The molecule has 1 aromatic carbocycles. The van der Waals surface area contributed by atoms with Gasteiger partial charge in [-0.1, -0.05) is 17.3 Å². The van der Waals surface area contributed by atoms with Crippen molar-refractivity contribution in [2.75, 3.05) is 18.6 Å². The summed E-state index contributed by atoms with van der Waals surface area (Å²) in [6.07, 6.45) is 11.4. The molecule has 3 aromatic rings. The van der Waals surface area contributed by atoms with Crippen LogP contribution in [0.5, 0.6) is 5.88 Å². The molecule has 4 bridgehead atoms. The summed E-state index contributed by atoms with van der Waals surface area (Å²) in [6, 6.07) is 12.0. The average molecular weight is 543 g/mol. The molecule has 7 nitrogen and oxygen atoms in total. The summed E-state index contributed by atoms with van der Waals surface area (Å²) in [7, 11) is 1.60. The molecule has 0 spiro atoms. The zero-order chi connectivity index (χ0) is 27.2. The van der Waals surface area contributed by atoms with Crippen molar-refractivity contribution in [2.45, 2.75) is 87.6 Å². The molecule has 0 N–H and O–H groups in total. The lowest BCUT2D eigenvalue weighted by molar-refractivity contribution is -0.211. The van der Waals surface area contributed by atoms with Gasteiger partial charge in [-0.05, 0) is 99.8 Å². The number of rotatable bonds is 8. The number of amides is 1. The van der Waals surface area contributed by atoms with Crippen molar-refractivity contribution in [3.8, 4) is 17.0 Å². The smallest absolute Gasteiger partial charge is 0.233 e. The largest absolute Gasteiger partial charge is 0.481 e. The van der Waals surface area contributed by atoms with Gasteiger partial charge in [-0.15, -0.1) is 0 Å². The van der Waals surface area contributed by atoms with Crippen molar-refractivity contribution in [1.82, 2.24) is 15.1 Å². The Morgan fingerprint density at radius 3 is 2.42 bits per heavy atom. The van der Waals surface area contributed by atoms with E-state index in [2.05, 4.69) is 16.2 Å². The molecular formula is C32H35FN4O3. The van der Waals surface area contributed by atoms with Gasteiger partial charge in [0.1, 0.15) is 5.67 Å². The SMILES string of the molecule is COc1ccc(-c2cccc(N(CC34CCC(c5nc(C6CC6)no5)(CC3)CC4)C(=O)C34CC(F)(C3)C4)c2)cn1. The topological polar surface area (TPSA) is 81.4 Å². The first kappa shape index (κ1) is 24.5. The van der Waals surface area contributed by atoms with E-state index >= 15 is 0 Å². The van der Waals surface area contributed by atoms with E-state index in [-0.39, 0.29) is 16.7 Å². The summed E-state index contributed by atoms with van der Waals surface area (Å²) in [5.41, 5.74) is 1.23. The molecule has 7 aliphatic carbocycles. The molecule has 208 valence electrons. The van der Waals surface area contributed by atoms with Crippen LogP contribution in [-0.4, -0.2) is 40.4 Å². The van der Waals surface area contributed by atoms with Crippen molar-refractivity contribution < 1.29 is 18.4 Å². The first-order valence-corrected chi connectivity index (χ1v) is 14.8. The third-order valence-electron chi connectivity index (χ3n) is 10.8. The lowest BCUT2D eigenvalue weighted by Crippen LogP contribution is -2.71. The van der Waals surface area contributed by atoms with Crippen molar-refractivity contribution in [2.24, 2.45) is 10.8 Å². The van der Waals surface area contributed by atoms with Crippen molar-refractivity contribution in [3.63, 3.8) is 0 Å². The minimum absolute atomic E-state index is 0.0214. The first-order chi connectivity index (χ1) is 19.3. The number of nitrogens with zero attached hydrogens (tertiary/aromatic N) is 4. The molecular weight excluding hydrogens is 507 g/mol. The van der Waals surface area contributed by atoms with Gasteiger partial charge < -0.3 is 14.2 Å². The molecule has 0 unspecified atom stereocenters. The Balaban J connectivity index is 1.07. The Bertz CT molecular complexity index is 1430. The molecule has 0 radical (unpaired) electrons. The van der Waals surface area contributed by atoms with Crippen LogP contribution in [0.15, 0.2) is 47.1 Å². The van der Waals surface area contributed by atoms with Crippen LogP contribution in [-0.2, 0) is 10.2 Å². The summed E-state index contributed by atoms with van der Waals surface area (Å²) < 4.78 is 25.6. The number of carbonyl (C=O) groups excluding carboxylic acids is 1. The van der Waals surface area contributed by atoms with Crippen LogP contribution < -0.4 is 9.64 Å². The molecule has 7 aliphatic rings. The highest BCUT2D eigenvalue weighted by Gasteiger charge is 2.73. The van der Waals surface area contributed by atoms with E-state index < -0.39 is 11.1 Å². The number of ether oxygens (including phenoxy) is 1. The molecule has 10 rings (SSSR count). The molecule has 2 heterocycles. The summed E-state index contributed by atoms with van der Waals surface area (Å²) in [5.74, 6) is 2.87. The van der Waals surface area contributed by atoms with Gasteiger partial charge in [0.05, 0.1) is 12.5 Å². The Kier molecular flexibility index (Phi) is 5.12. The highest BCUT2D eigenvalue weighted by molar-refractivity contribution is 6.00. The van der Waals surface area contributed by atoms with Crippen LogP contribution in [0, 0.1) is 10.8 Å². The Morgan fingerprint density at radius 1 is 1.05 bits per heavy atom. The van der Waals surface area contributed by atoms with Crippen LogP contribution in [0.4, 0.5) is 10.1 Å². The zero-order valence-corrected chi connectivity index (χ0v) is 23.0. The number of carbonyl (C=O) groups is 1. The number of methoxy groups -OCH3 is 1. The third-order valence-corrected chi connectivity index (χ3v) is 10.8. The minimum Gasteiger partial charge on any atom is -0.481 e. The number of hydrogen-bond acceptors (Lipinski definition) is 6.